The number of hydrogen-bond acceptors (Lipinski definition) is 4. The lowest BCUT2D eigenvalue weighted by atomic mass is 10.1. The summed E-state index contributed by atoms with van der Waals surface area (Å²) in [5.41, 5.74) is 1.15. The van der Waals surface area contributed by atoms with E-state index in [1.807, 2.05) is 36.0 Å². The van der Waals surface area contributed by atoms with E-state index in [9.17, 15) is 4.79 Å². The van der Waals surface area contributed by atoms with Crippen LogP contribution in [-0.2, 0) is 16.6 Å². The lowest BCUT2D eigenvalue weighted by Crippen LogP contribution is -2.53. The monoisotopic (exact) mass is 323 g/mol. The van der Waals surface area contributed by atoms with Gasteiger partial charge in [0.15, 0.2) is 0 Å². The molecule has 5 nitrogen and oxygen atoms in total. The topological polar surface area (TPSA) is 37.7 Å². The van der Waals surface area contributed by atoms with Crippen molar-refractivity contribution < 1.29 is 9.53 Å². The Bertz CT molecular complexity index is 513. The number of carbonyl (C=O) groups is 1. The van der Waals surface area contributed by atoms with Gasteiger partial charge in [0, 0.05) is 50.1 Å². The number of hydrogen-bond donors (Lipinski definition) is 0. The summed E-state index contributed by atoms with van der Waals surface area (Å²) in [6.07, 6.45) is 2.03. The van der Waals surface area contributed by atoms with E-state index in [4.69, 9.17) is 4.74 Å². The highest BCUT2D eigenvalue weighted by Gasteiger charge is 2.34. The van der Waals surface area contributed by atoms with Gasteiger partial charge in [0.05, 0.1) is 25.3 Å². The summed E-state index contributed by atoms with van der Waals surface area (Å²) in [6.45, 7) is 5.98. The van der Waals surface area contributed by atoms with Crippen molar-refractivity contribution in [3.63, 3.8) is 0 Å². The van der Waals surface area contributed by atoms with Crippen LogP contribution < -0.4 is 0 Å². The van der Waals surface area contributed by atoms with Crippen LogP contribution in [0, 0.1) is 0 Å². The number of aryl methyl sites for hydroxylation is 1. The maximum Gasteiger partial charge on any atom is 0.240 e. The van der Waals surface area contributed by atoms with Crippen molar-refractivity contribution in [2.24, 2.45) is 7.05 Å². The SMILES string of the molecule is C[C@H](C(=O)N1CCOC[C@@H]1c1cccn1C)N1CCSCC1. The van der Waals surface area contributed by atoms with E-state index in [1.54, 1.807) is 0 Å². The molecule has 122 valence electrons. The molecule has 22 heavy (non-hydrogen) atoms. The molecule has 0 spiro atoms. The normalized spacial score (nSPS) is 25.2. The molecule has 0 bridgehead atoms. The van der Waals surface area contributed by atoms with E-state index in [2.05, 4.69) is 22.5 Å². The van der Waals surface area contributed by atoms with Crippen LogP contribution in [0.15, 0.2) is 18.3 Å². The number of ether oxygens (including phenoxy) is 1. The number of carbonyl (C=O) groups excluding carboxylic acids is 1. The smallest absolute Gasteiger partial charge is 0.240 e. The van der Waals surface area contributed by atoms with E-state index in [0.717, 1.165) is 30.3 Å². The van der Waals surface area contributed by atoms with Gasteiger partial charge in [-0.1, -0.05) is 0 Å². The summed E-state index contributed by atoms with van der Waals surface area (Å²) < 4.78 is 7.73. The number of aromatic nitrogens is 1. The Labute approximate surface area is 136 Å². The molecule has 2 saturated heterocycles. The molecule has 2 fully saturated rings. The maximum absolute atomic E-state index is 13.0. The molecule has 2 aliphatic heterocycles. The molecule has 1 aromatic rings. The zero-order valence-corrected chi connectivity index (χ0v) is 14.2. The molecule has 2 aliphatic rings. The van der Waals surface area contributed by atoms with Crippen molar-refractivity contribution in [3.8, 4) is 0 Å². The molecule has 0 saturated carbocycles. The molecule has 0 N–H and O–H groups in total. The van der Waals surface area contributed by atoms with Crippen molar-refractivity contribution in [1.82, 2.24) is 14.4 Å². The highest BCUT2D eigenvalue weighted by atomic mass is 32.2. The molecular formula is C16H25N3O2S. The lowest BCUT2D eigenvalue weighted by molar-refractivity contribution is -0.145. The second-order valence-electron chi connectivity index (χ2n) is 5.99. The molecule has 0 unspecified atom stereocenters. The van der Waals surface area contributed by atoms with Gasteiger partial charge in [-0.2, -0.15) is 11.8 Å². The molecule has 6 heteroatoms. The third-order valence-corrected chi connectivity index (χ3v) is 5.63. The summed E-state index contributed by atoms with van der Waals surface area (Å²) in [5, 5.41) is 0. The first-order chi connectivity index (χ1) is 10.7. The van der Waals surface area contributed by atoms with Crippen molar-refractivity contribution >= 4 is 17.7 Å². The zero-order chi connectivity index (χ0) is 15.5. The minimum Gasteiger partial charge on any atom is -0.377 e. The van der Waals surface area contributed by atoms with Crippen molar-refractivity contribution in [2.45, 2.75) is 19.0 Å². The van der Waals surface area contributed by atoms with E-state index in [0.29, 0.717) is 19.8 Å². The van der Waals surface area contributed by atoms with Crippen LogP contribution in [-0.4, -0.2) is 70.7 Å². The van der Waals surface area contributed by atoms with Gasteiger partial charge in [0.25, 0.3) is 0 Å². The van der Waals surface area contributed by atoms with Crippen molar-refractivity contribution in [1.29, 1.82) is 0 Å². The van der Waals surface area contributed by atoms with Gasteiger partial charge in [0.1, 0.15) is 0 Å². The first-order valence-electron chi connectivity index (χ1n) is 7.99. The molecule has 1 amide bonds. The predicted octanol–water partition coefficient (Wildman–Crippen LogP) is 1.36. The number of amides is 1. The molecule has 0 radical (unpaired) electrons. The van der Waals surface area contributed by atoms with Gasteiger partial charge in [-0.05, 0) is 19.1 Å². The van der Waals surface area contributed by atoms with E-state index in [-0.39, 0.29) is 18.0 Å². The van der Waals surface area contributed by atoms with E-state index < -0.39 is 0 Å². The standard InChI is InChI=1S/C16H25N3O2S/c1-13(18-7-10-22-11-8-18)16(20)19-6-9-21-12-15(19)14-4-3-5-17(14)2/h3-5,13,15H,6-12H2,1-2H3/t13-,15-/m1/s1. The first-order valence-corrected chi connectivity index (χ1v) is 9.15. The Kier molecular flexibility index (Phi) is 5.10. The summed E-state index contributed by atoms with van der Waals surface area (Å²) >= 11 is 1.97. The van der Waals surface area contributed by atoms with Crippen molar-refractivity contribution in [3.05, 3.63) is 24.0 Å². The predicted molar refractivity (Wildman–Crippen MR) is 89.0 cm³/mol. The van der Waals surface area contributed by atoms with Gasteiger partial charge >= 0.3 is 0 Å². The van der Waals surface area contributed by atoms with Crippen LogP contribution in [0.2, 0.25) is 0 Å². The molecular weight excluding hydrogens is 298 g/mol. The molecule has 0 aromatic carbocycles. The van der Waals surface area contributed by atoms with Crippen LogP contribution in [0.1, 0.15) is 18.7 Å². The molecule has 2 atom stereocenters. The first kappa shape index (κ1) is 15.9. The number of rotatable bonds is 3. The molecule has 3 rings (SSSR count). The van der Waals surface area contributed by atoms with Crippen LogP contribution in [0.4, 0.5) is 0 Å². The molecule has 1 aromatic heterocycles. The summed E-state index contributed by atoms with van der Waals surface area (Å²) in [6, 6.07) is 4.10. The van der Waals surface area contributed by atoms with Gasteiger partial charge in [-0.3, -0.25) is 9.69 Å². The second kappa shape index (κ2) is 7.06. The van der Waals surface area contributed by atoms with Crippen LogP contribution in [0.5, 0.6) is 0 Å². The summed E-state index contributed by atoms with van der Waals surface area (Å²) in [7, 11) is 2.03. The Balaban J connectivity index is 1.75. The van der Waals surface area contributed by atoms with Gasteiger partial charge in [0.2, 0.25) is 5.91 Å². The third kappa shape index (κ3) is 3.19. The Hall–Kier alpha value is -0.980. The Morgan fingerprint density at radius 2 is 2.14 bits per heavy atom. The minimum absolute atomic E-state index is 0.0304. The van der Waals surface area contributed by atoms with Crippen molar-refractivity contribution in [2.75, 3.05) is 44.4 Å². The fourth-order valence-corrected chi connectivity index (χ4v) is 4.23. The quantitative estimate of drug-likeness (QED) is 0.842. The Morgan fingerprint density at radius 1 is 1.36 bits per heavy atom. The van der Waals surface area contributed by atoms with Gasteiger partial charge in [-0.15, -0.1) is 0 Å². The number of nitrogens with zero attached hydrogens (tertiary/aromatic N) is 3. The highest BCUT2D eigenvalue weighted by molar-refractivity contribution is 7.99. The van der Waals surface area contributed by atoms with Gasteiger partial charge < -0.3 is 14.2 Å². The average molecular weight is 323 g/mol. The third-order valence-electron chi connectivity index (χ3n) is 4.69. The fourth-order valence-electron chi connectivity index (χ4n) is 3.29. The summed E-state index contributed by atoms with van der Waals surface area (Å²) in [4.78, 5) is 17.4. The van der Waals surface area contributed by atoms with Gasteiger partial charge in [-0.25, -0.2) is 0 Å². The lowest BCUT2D eigenvalue weighted by Gasteiger charge is -2.40. The van der Waals surface area contributed by atoms with Crippen LogP contribution >= 0.6 is 11.8 Å². The Morgan fingerprint density at radius 3 is 2.82 bits per heavy atom. The molecule has 3 heterocycles. The minimum atomic E-state index is -0.0400. The molecule has 0 aliphatic carbocycles. The fraction of sp³-hybridized carbons (Fsp3) is 0.688. The number of morpholine rings is 1. The average Bonchev–Trinajstić information content (AvgIpc) is 3.00. The largest absolute Gasteiger partial charge is 0.377 e. The second-order valence-corrected chi connectivity index (χ2v) is 7.22. The maximum atomic E-state index is 13.0. The van der Waals surface area contributed by atoms with E-state index in [1.165, 1.54) is 0 Å². The number of thioether (sulfide) groups is 1. The van der Waals surface area contributed by atoms with Crippen LogP contribution in [0.25, 0.3) is 0 Å². The van der Waals surface area contributed by atoms with E-state index >= 15 is 0 Å². The summed E-state index contributed by atoms with van der Waals surface area (Å²) in [5.74, 6) is 2.49. The van der Waals surface area contributed by atoms with Crippen LogP contribution in [0.3, 0.4) is 0 Å². The highest BCUT2D eigenvalue weighted by Crippen LogP contribution is 2.26. The zero-order valence-electron chi connectivity index (χ0n) is 13.4.